The van der Waals surface area contributed by atoms with Crippen LogP contribution >= 0.6 is 22.6 Å². The molecular weight excluding hydrogens is 289 g/mol. The Hall–Kier alpha value is 0.200. The van der Waals surface area contributed by atoms with E-state index in [4.69, 9.17) is 4.84 Å². The zero-order valence-electron chi connectivity index (χ0n) is 9.72. The zero-order valence-corrected chi connectivity index (χ0v) is 11.9. The predicted molar refractivity (Wildman–Crippen MR) is 69.0 cm³/mol. The molecule has 0 spiro atoms. The van der Waals surface area contributed by atoms with Crippen molar-refractivity contribution in [3.8, 4) is 0 Å². The van der Waals surface area contributed by atoms with Gasteiger partial charge in [-0.1, -0.05) is 48.5 Å². The Morgan fingerprint density at radius 1 is 1.43 bits per heavy atom. The van der Waals surface area contributed by atoms with Gasteiger partial charge >= 0.3 is 0 Å². The summed E-state index contributed by atoms with van der Waals surface area (Å²) in [5.41, 5.74) is 1.56. The van der Waals surface area contributed by atoms with Gasteiger partial charge in [-0.2, -0.15) is 0 Å². The highest BCUT2D eigenvalue weighted by atomic mass is 127. The summed E-state index contributed by atoms with van der Waals surface area (Å²) in [6.45, 7) is 9.17. The molecule has 0 heterocycles. The molecule has 0 aromatic heterocycles. The second-order valence-electron chi connectivity index (χ2n) is 5.24. The predicted octanol–water partition coefficient (Wildman–Crippen LogP) is 3.64. The second-order valence-corrected chi connectivity index (χ2v) is 7.48. The fourth-order valence-electron chi connectivity index (χ4n) is 2.23. The quantitative estimate of drug-likeness (QED) is 0.412. The summed E-state index contributed by atoms with van der Waals surface area (Å²) < 4.78 is 0.156. The van der Waals surface area contributed by atoms with E-state index < -0.39 is 0 Å². The minimum atomic E-state index is 0.156. The maximum absolute atomic E-state index is 4.94. The molecule has 0 aromatic carbocycles. The van der Waals surface area contributed by atoms with E-state index in [9.17, 15) is 0 Å². The largest absolute Gasteiger partial charge is 0.399 e. The number of halogens is 1. The molecule has 0 radical (unpaired) electrons. The van der Waals surface area contributed by atoms with Crippen molar-refractivity contribution in [1.82, 2.24) is 0 Å². The molecule has 0 N–H and O–H groups in total. The highest BCUT2D eigenvalue weighted by Crippen LogP contribution is 2.46. The molecule has 0 aromatic rings. The number of hydrogen-bond acceptors (Lipinski definition) is 2. The molecule has 2 unspecified atom stereocenters. The Kier molecular flexibility index (Phi) is 3.49. The molecule has 82 valence electrons. The van der Waals surface area contributed by atoms with Gasteiger partial charge in [0.1, 0.15) is 7.11 Å². The van der Waals surface area contributed by atoms with E-state index in [1.165, 1.54) is 12.1 Å². The fraction of sp³-hybridized carbons (Fsp3) is 0.909. The molecule has 1 aliphatic carbocycles. The lowest BCUT2D eigenvalue weighted by Gasteiger charge is -2.43. The van der Waals surface area contributed by atoms with Crippen LogP contribution in [0.3, 0.4) is 0 Å². The van der Waals surface area contributed by atoms with E-state index >= 15 is 0 Å². The topological polar surface area (TPSA) is 21.6 Å². The number of oxime groups is 1. The zero-order chi connectivity index (χ0) is 11.0. The highest BCUT2D eigenvalue weighted by Gasteiger charge is 2.44. The van der Waals surface area contributed by atoms with Crippen molar-refractivity contribution in [2.24, 2.45) is 16.5 Å². The summed E-state index contributed by atoms with van der Waals surface area (Å²) >= 11 is 2.51. The molecule has 1 saturated carbocycles. The number of alkyl halides is 1. The van der Waals surface area contributed by atoms with Crippen molar-refractivity contribution in [1.29, 1.82) is 0 Å². The second kappa shape index (κ2) is 3.99. The van der Waals surface area contributed by atoms with Crippen LogP contribution in [-0.2, 0) is 4.84 Å². The summed E-state index contributed by atoms with van der Waals surface area (Å²) in [6.07, 6.45) is 2.31. The van der Waals surface area contributed by atoms with Gasteiger partial charge in [0.2, 0.25) is 0 Å². The lowest BCUT2D eigenvalue weighted by Crippen LogP contribution is -2.45. The van der Waals surface area contributed by atoms with Crippen molar-refractivity contribution >= 4 is 28.3 Å². The van der Waals surface area contributed by atoms with Crippen molar-refractivity contribution in [2.75, 3.05) is 7.11 Å². The maximum Gasteiger partial charge on any atom is 0.106 e. The van der Waals surface area contributed by atoms with Crippen LogP contribution in [0.4, 0.5) is 0 Å². The third-order valence-corrected chi connectivity index (χ3v) is 4.88. The van der Waals surface area contributed by atoms with Gasteiger partial charge in [-0.25, -0.2) is 0 Å². The molecule has 0 saturated heterocycles. The highest BCUT2D eigenvalue weighted by molar-refractivity contribution is 14.1. The third kappa shape index (κ3) is 2.41. The van der Waals surface area contributed by atoms with Crippen LogP contribution in [0.5, 0.6) is 0 Å². The van der Waals surface area contributed by atoms with Gasteiger partial charge in [-0.3, -0.25) is 0 Å². The lowest BCUT2D eigenvalue weighted by molar-refractivity contribution is 0.194. The van der Waals surface area contributed by atoms with Crippen molar-refractivity contribution < 1.29 is 4.84 Å². The molecule has 1 rings (SSSR count). The minimum absolute atomic E-state index is 0.156. The van der Waals surface area contributed by atoms with Gasteiger partial charge in [-0.05, 0) is 31.1 Å². The smallest absolute Gasteiger partial charge is 0.106 e. The molecule has 1 fully saturated rings. The van der Waals surface area contributed by atoms with Gasteiger partial charge in [0, 0.05) is 0 Å². The van der Waals surface area contributed by atoms with Gasteiger partial charge in [0.25, 0.3) is 0 Å². The third-order valence-electron chi connectivity index (χ3n) is 3.20. The van der Waals surface area contributed by atoms with Gasteiger partial charge in [0.15, 0.2) is 0 Å². The SMILES string of the molecule is CO/N=C1\CC(C)(C)CC(C)C1(C)I. The van der Waals surface area contributed by atoms with Crippen molar-refractivity contribution in [2.45, 2.75) is 44.0 Å². The molecule has 14 heavy (non-hydrogen) atoms. The van der Waals surface area contributed by atoms with Crippen LogP contribution in [-0.4, -0.2) is 16.2 Å². The van der Waals surface area contributed by atoms with Gasteiger partial charge in [0.05, 0.1) is 9.13 Å². The first-order valence-electron chi connectivity index (χ1n) is 5.09. The Bertz CT molecular complexity index is 246. The standard InChI is InChI=1S/C11H20INO/c1-8-6-10(2,3)7-9(13-14-5)11(8,4)12/h8H,6-7H2,1-5H3/b13-9+. The Balaban J connectivity index is 2.96. The normalized spacial score (nSPS) is 39.9. The Labute approximate surface area is 101 Å². The summed E-state index contributed by atoms with van der Waals surface area (Å²) in [5.74, 6) is 0.653. The molecule has 3 heteroatoms. The van der Waals surface area contributed by atoms with Crippen LogP contribution in [0, 0.1) is 11.3 Å². The van der Waals surface area contributed by atoms with Crippen LogP contribution in [0.1, 0.15) is 40.5 Å². The number of hydrogen-bond donors (Lipinski definition) is 0. The van der Waals surface area contributed by atoms with Gasteiger partial charge < -0.3 is 4.84 Å². The van der Waals surface area contributed by atoms with E-state index in [0.29, 0.717) is 11.3 Å². The summed E-state index contributed by atoms with van der Waals surface area (Å²) in [7, 11) is 1.63. The Morgan fingerprint density at radius 2 is 2.00 bits per heavy atom. The molecule has 1 aliphatic rings. The van der Waals surface area contributed by atoms with Crippen molar-refractivity contribution in [3.63, 3.8) is 0 Å². The first kappa shape index (κ1) is 12.3. The lowest BCUT2D eigenvalue weighted by atomic mass is 9.67. The van der Waals surface area contributed by atoms with Gasteiger partial charge in [-0.15, -0.1) is 0 Å². The van der Waals surface area contributed by atoms with E-state index in [2.05, 4.69) is 55.4 Å². The monoisotopic (exact) mass is 309 g/mol. The van der Waals surface area contributed by atoms with Crippen LogP contribution < -0.4 is 0 Å². The van der Waals surface area contributed by atoms with Crippen molar-refractivity contribution in [3.05, 3.63) is 0 Å². The first-order chi connectivity index (χ1) is 6.29. The minimum Gasteiger partial charge on any atom is -0.399 e. The number of nitrogens with zero attached hydrogens (tertiary/aromatic N) is 1. The average Bonchev–Trinajstić information content (AvgIpc) is 2.00. The van der Waals surface area contributed by atoms with Crippen LogP contribution in [0.2, 0.25) is 0 Å². The summed E-state index contributed by atoms with van der Waals surface area (Å²) in [6, 6.07) is 0. The molecule has 2 atom stereocenters. The van der Waals surface area contributed by atoms with Crippen LogP contribution in [0.25, 0.3) is 0 Å². The molecule has 0 aliphatic heterocycles. The summed E-state index contributed by atoms with van der Waals surface area (Å²) in [5, 5.41) is 4.19. The Morgan fingerprint density at radius 3 is 2.50 bits per heavy atom. The maximum atomic E-state index is 4.94. The molecule has 2 nitrogen and oxygen atoms in total. The molecule has 0 bridgehead atoms. The van der Waals surface area contributed by atoms with E-state index in [1.807, 2.05) is 0 Å². The summed E-state index contributed by atoms with van der Waals surface area (Å²) in [4.78, 5) is 4.94. The fourth-order valence-corrected chi connectivity index (χ4v) is 2.74. The van der Waals surface area contributed by atoms with E-state index in [0.717, 1.165) is 6.42 Å². The first-order valence-corrected chi connectivity index (χ1v) is 6.17. The number of rotatable bonds is 1. The molecular formula is C11H20INO. The van der Waals surface area contributed by atoms with Crippen LogP contribution in [0.15, 0.2) is 5.16 Å². The van der Waals surface area contributed by atoms with E-state index in [-0.39, 0.29) is 3.42 Å². The average molecular weight is 309 g/mol. The molecule has 0 amide bonds. The van der Waals surface area contributed by atoms with E-state index in [1.54, 1.807) is 7.11 Å².